The molecule has 110 valence electrons. The van der Waals surface area contributed by atoms with Crippen LogP contribution in [0.5, 0.6) is 0 Å². The maximum atomic E-state index is 11.5. The molecule has 2 N–H and O–H groups in total. The minimum absolute atomic E-state index is 0.00285. The van der Waals surface area contributed by atoms with E-state index < -0.39 is 0 Å². The molecule has 0 aliphatic carbocycles. The highest BCUT2D eigenvalue weighted by molar-refractivity contribution is 9.10. The van der Waals surface area contributed by atoms with Crippen LogP contribution in [0.15, 0.2) is 46.9 Å². The number of rotatable bonds is 5. The number of halogens is 2. The van der Waals surface area contributed by atoms with E-state index in [0.29, 0.717) is 18.0 Å². The van der Waals surface area contributed by atoms with Gasteiger partial charge < -0.3 is 10.6 Å². The van der Waals surface area contributed by atoms with Crippen molar-refractivity contribution in [2.24, 2.45) is 0 Å². The van der Waals surface area contributed by atoms with E-state index in [2.05, 4.69) is 26.6 Å². The van der Waals surface area contributed by atoms with Crippen molar-refractivity contribution in [1.82, 2.24) is 5.32 Å². The Hall–Kier alpha value is -1.52. The SMILES string of the molecule is CNC(=O)Cc1ccccc1NCc1ccc(Cl)cc1Br. The maximum absolute atomic E-state index is 11.5. The zero-order chi connectivity index (χ0) is 15.2. The van der Waals surface area contributed by atoms with E-state index in [-0.39, 0.29) is 5.91 Å². The van der Waals surface area contributed by atoms with Gasteiger partial charge in [0.25, 0.3) is 0 Å². The van der Waals surface area contributed by atoms with Gasteiger partial charge in [-0.15, -0.1) is 0 Å². The number of hydrogen-bond acceptors (Lipinski definition) is 2. The summed E-state index contributed by atoms with van der Waals surface area (Å²) in [4.78, 5) is 11.5. The molecular weight excluding hydrogens is 352 g/mol. The maximum Gasteiger partial charge on any atom is 0.224 e. The van der Waals surface area contributed by atoms with Gasteiger partial charge >= 0.3 is 0 Å². The minimum atomic E-state index is -0.00285. The van der Waals surface area contributed by atoms with Crippen LogP contribution < -0.4 is 10.6 Å². The van der Waals surface area contributed by atoms with E-state index in [4.69, 9.17) is 11.6 Å². The lowest BCUT2D eigenvalue weighted by atomic mass is 10.1. The largest absolute Gasteiger partial charge is 0.381 e. The van der Waals surface area contributed by atoms with Crippen LogP contribution in [0, 0.1) is 0 Å². The van der Waals surface area contributed by atoms with Crippen molar-refractivity contribution in [1.29, 1.82) is 0 Å². The number of likely N-dealkylation sites (N-methyl/N-ethyl adjacent to an activating group) is 1. The first-order valence-corrected chi connectivity index (χ1v) is 7.73. The van der Waals surface area contributed by atoms with Crippen LogP contribution in [0.25, 0.3) is 0 Å². The molecule has 0 radical (unpaired) electrons. The Labute approximate surface area is 137 Å². The molecule has 0 heterocycles. The van der Waals surface area contributed by atoms with E-state index in [0.717, 1.165) is 21.3 Å². The fraction of sp³-hybridized carbons (Fsp3) is 0.188. The highest BCUT2D eigenvalue weighted by Gasteiger charge is 2.07. The zero-order valence-electron chi connectivity index (χ0n) is 11.6. The molecule has 5 heteroatoms. The number of nitrogens with one attached hydrogen (secondary N) is 2. The molecular formula is C16H16BrClN2O. The van der Waals surface area contributed by atoms with Gasteiger partial charge in [-0.05, 0) is 29.3 Å². The summed E-state index contributed by atoms with van der Waals surface area (Å²) < 4.78 is 0.964. The fourth-order valence-electron chi connectivity index (χ4n) is 1.96. The molecule has 0 saturated heterocycles. The minimum Gasteiger partial charge on any atom is -0.381 e. The van der Waals surface area contributed by atoms with Crippen LogP contribution in [-0.2, 0) is 17.8 Å². The van der Waals surface area contributed by atoms with Gasteiger partial charge in [0.05, 0.1) is 6.42 Å². The first-order valence-electron chi connectivity index (χ1n) is 6.56. The second kappa shape index (κ2) is 7.48. The quantitative estimate of drug-likeness (QED) is 0.838. The average molecular weight is 368 g/mol. The molecule has 0 aromatic heterocycles. The first-order chi connectivity index (χ1) is 10.1. The van der Waals surface area contributed by atoms with Crippen LogP contribution in [0.2, 0.25) is 5.02 Å². The fourth-order valence-corrected chi connectivity index (χ4v) is 2.79. The van der Waals surface area contributed by atoms with Crippen LogP contribution in [0.3, 0.4) is 0 Å². The standard InChI is InChI=1S/C16H16BrClN2O/c1-19-16(21)8-11-4-2-3-5-15(11)20-10-12-6-7-13(18)9-14(12)17/h2-7,9,20H,8,10H2,1H3,(H,19,21). The third kappa shape index (κ3) is 4.48. The first kappa shape index (κ1) is 15.9. The van der Waals surface area contributed by atoms with Crippen LogP contribution in [-0.4, -0.2) is 13.0 Å². The van der Waals surface area contributed by atoms with Gasteiger partial charge in [-0.3, -0.25) is 4.79 Å². The Bertz CT molecular complexity index is 646. The number of benzene rings is 2. The van der Waals surface area contributed by atoms with E-state index in [1.807, 2.05) is 42.5 Å². The van der Waals surface area contributed by atoms with E-state index in [1.54, 1.807) is 7.05 Å². The Morgan fingerprint density at radius 2 is 1.95 bits per heavy atom. The van der Waals surface area contributed by atoms with Gasteiger partial charge in [-0.25, -0.2) is 0 Å². The molecule has 0 aliphatic rings. The normalized spacial score (nSPS) is 10.2. The smallest absolute Gasteiger partial charge is 0.224 e. The van der Waals surface area contributed by atoms with Crippen LogP contribution in [0.4, 0.5) is 5.69 Å². The molecule has 0 aliphatic heterocycles. The average Bonchev–Trinajstić information content (AvgIpc) is 2.47. The predicted octanol–water partition coefficient (Wildman–Crippen LogP) is 4.00. The van der Waals surface area contributed by atoms with Gasteiger partial charge in [0.1, 0.15) is 0 Å². The lowest BCUT2D eigenvalue weighted by Gasteiger charge is -2.12. The number of anilines is 1. The third-order valence-electron chi connectivity index (χ3n) is 3.13. The molecule has 0 atom stereocenters. The van der Waals surface area contributed by atoms with E-state index >= 15 is 0 Å². The number of amides is 1. The number of para-hydroxylation sites is 1. The molecule has 0 saturated carbocycles. The highest BCUT2D eigenvalue weighted by Crippen LogP contribution is 2.23. The second-order valence-electron chi connectivity index (χ2n) is 4.60. The molecule has 2 aromatic rings. The summed E-state index contributed by atoms with van der Waals surface area (Å²) in [5.41, 5.74) is 3.04. The topological polar surface area (TPSA) is 41.1 Å². The summed E-state index contributed by atoms with van der Waals surface area (Å²) in [6, 6.07) is 13.5. The molecule has 0 fully saturated rings. The monoisotopic (exact) mass is 366 g/mol. The Balaban J connectivity index is 2.11. The van der Waals surface area contributed by atoms with Crippen molar-refractivity contribution in [3.8, 4) is 0 Å². The van der Waals surface area contributed by atoms with Crippen molar-refractivity contribution < 1.29 is 4.79 Å². The Morgan fingerprint density at radius 3 is 2.67 bits per heavy atom. The highest BCUT2D eigenvalue weighted by atomic mass is 79.9. The Kier molecular flexibility index (Phi) is 5.65. The van der Waals surface area contributed by atoms with E-state index in [9.17, 15) is 4.79 Å². The predicted molar refractivity (Wildman–Crippen MR) is 90.7 cm³/mol. The van der Waals surface area contributed by atoms with Gasteiger partial charge in [0, 0.05) is 28.8 Å². The molecule has 2 rings (SSSR count). The van der Waals surface area contributed by atoms with Crippen molar-refractivity contribution in [3.63, 3.8) is 0 Å². The number of hydrogen-bond donors (Lipinski definition) is 2. The van der Waals surface area contributed by atoms with Crippen molar-refractivity contribution >= 4 is 39.1 Å². The summed E-state index contributed by atoms with van der Waals surface area (Å²) in [5, 5.41) is 6.71. The van der Waals surface area contributed by atoms with Gasteiger partial charge in [0.15, 0.2) is 0 Å². The summed E-state index contributed by atoms with van der Waals surface area (Å²) >= 11 is 9.44. The van der Waals surface area contributed by atoms with Gasteiger partial charge in [-0.2, -0.15) is 0 Å². The van der Waals surface area contributed by atoms with Gasteiger partial charge in [-0.1, -0.05) is 51.8 Å². The van der Waals surface area contributed by atoms with Crippen molar-refractivity contribution in [2.75, 3.05) is 12.4 Å². The molecule has 3 nitrogen and oxygen atoms in total. The number of carbonyl (C=O) groups is 1. The van der Waals surface area contributed by atoms with Crippen LogP contribution >= 0.6 is 27.5 Å². The lowest BCUT2D eigenvalue weighted by Crippen LogP contribution is -2.20. The molecule has 0 bridgehead atoms. The molecule has 2 aromatic carbocycles. The Morgan fingerprint density at radius 1 is 1.19 bits per heavy atom. The summed E-state index contributed by atoms with van der Waals surface area (Å²) in [5.74, 6) is -0.00285. The number of carbonyl (C=O) groups excluding carboxylic acids is 1. The zero-order valence-corrected chi connectivity index (χ0v) is 14.0. The van der Waals surface area contributed by atoms with Crippen molar-refractivity contribution in [2.45, 2.75) is 13.0 Å². The van der Waals surface area contributed by atoms with E-state index in [1.165, 1.54) is 0 Å². The summed E-state index contributed by atoms with van der Waals surface area (Å²) in [6.07, 6.45) is 0.363. The molecule has 0 unspecified atom stereocenters. The van der Waals surface area contributed by atoms with Gasteiger partial charge in [0.2, 0.25) is 5.91 Å². The van der Waals surface area contributed by atoms with Crippen LogP contribution in [0.1, 0.15) is 11.1 Å². The molecule has 0 spiro atoms. The summed E-state index contributed by atoms with van der Waals surface area (Å²) in [6.45, 7) is 0.655. The lowest BCUT2D eigenvalue weighted by molar-refractivity contribution is -0.119. The molecule has 21 heavy (non-hydrogen) atoms. The summed E-state index contributed by atoms with van der Waals surface area (Å²) in [7, 11) is 1.64. The third-order valence-corrected chi connectivity index (χ3v) is 4.10. The second-order valence-corrected chi connectivity index (χ2v) is 5.89. The van der Waals surface area contributed by atoms with Crippen molar-refractivity contribution in [3.05, 3.63) is 63.1 Å². The molecule has 1 amide bonds.